The summed E-state index contributed by atoms with van der Waals surface area (Å²) in [5.74, 6) is 4.60. The van der Waals surface area contributed by atoms with Crippen molar-refractivity contribution in [3.05, 3.63) is 70.8 Å². The molecule has 0 amide bonds. The first-order chi connectivity index (χ1) is 16.5. The zero-order valence-corrected chi connectivity index (χ0v) is 20.9. The molecule has 34 heavy (non-hydrogen) atoms. The van der Waals surface area contributed by atoms with Gasteiger partial charge in [-0.25, -0.2) is 0 Å². The molecule has 0 saturated carbocycles. The Kier molecular flexibility index (Phi) is 8.91. The van der Waals surface area contributed by atoms with Crippen LogP contribution in [-0.2, 0) is 25.7 Å². The summed E-state index contributed by atoms with van der Waals surface area (Å²) >= 11 is 0. The van der Waals surface area contributed by atoms with Crippen LogP contribution < -0.4 is 28.4 Å². The smallest absolute Gasteiger partial charge is 0.161 e. The summed E-state index contributed by atoms with van der Waals surface area (Å²) in [6.07, 6.45) is 3.35. The molecule has 0 aromatic heterocycles. The summed E-state index contributed by atoms with van der Waals surface area (Å²) < 4.78 is 32.9. The minimum absolute atomic E-state index is 0.729. The van der Waals surface area contributed by atoms with E-state index in [1.165, 1.54) is 11.1 Å². The predicted octanol–water partition coefficient (Wildman–Crippen LogP) is 5.31. The Morgan fingerprint density at radius 1 is 0.382 bits per heavy atom. The lowest BCUT2D eigenvalue weighted by molar-refractivity contribution is 0.354. The molecule has 0 heterocycles. The highest BCUT2D eigenvalue weighted by Crippen LogP contribution is 2.33. The van der Waals surface area contributed by atoms with E-state index in [-0.39, 0.29) is 0 Å². The minimum atomic E-state index is 0.729. The molecule has 0 fully saturated rings. The molecule has 3 aromatic carbocycles. The number of aryl methyl sites for hydroxylation is 4. The molecule has 6 nitrogen and oxygen atoms in total. The SMILES string of the molecule is COc1cc(CCc2cc(OC)c(OC)cc2CCc2cc(OC)cc(OC)c2)cc(OC)c1. The van der Waals surface area contributed by atoms with Gasteiger partial charge in [0.1, 0.15) is 23.0 Å². The van der Waals surface area contributed by atoms with Gasteiger partial charge in [0.25, 0.3) is 0 Å². The molecule has 0 spiro atoms. The zero-order valence-electron chi connectivity index (χ0n) is 20.9. The normalized spacial score (nSPS) is 10.5. The standard InChI is InChI=1S/C28H34O6/c1-29-23-11-19(12-24(17-23)30-2)7-9-21-15-27(33-5)28(34-6)16-22(21)10-8-20-13-25(31-3)18-26(14-20)32-4/h11-18H,7-10H2,1-6H3. The molecule has 0 aliphatic heterocycles. The van der Waals surface area contributed by atoms with Gasteiger partial charge in [-0.05, 0) is 84.3 Å². The topological polar surface area (TPSA) is 55.4 Å². The molecule has 0 radical (unpaired) electrons. The maximum absolute atomic E-state index is 5.58. The second-order valence-corrected chi connectivity index (χ2v) is 7.92. The van der Waals surface area contributed by atoms with Gasteiger partial charge in [-0.15, -0.1) is 0 Å². The number of hydrogen-bond donors (Lipinski definition) is 0. The summed E-state index contributed by atoms with van der Waals surface area (Å²) in [5, 5.41) is 0. The molecule has 0 unspecified atom stereocenters. The lowest BCUT2D eigenvalue weighted by Crippen LogP contribution is -2.03. The van der Waals surface area contributed by atoms with Gasteiger partial charge >= 0.3 is 0 Å². The van der Waals surface area contributed by atoms with Crippen LogP contribution in [0.15, 0.2) is 48.5 Å². The number of ether oxygens (including phenoxy) is 6. The predicted molar refractivity (Wildman–Crippen MR) is 133 cm³/mol. The fourth-order valence-corrected chi connectivity index (χ4v) is 4.01. The lowest BCUT2D eigenvalue weighted by atomic mass is 9.94. The van der Waals surface area contributed by atoms with E-state index in [4.69, 9.17) is 28.4 Å². The van der Waals surface area contributed by atoms with Gasteiger partial charge in [-0.1, -0.05) is 0 Å². The van der Waals surface area contributed by atoms with Crippen LogP contribution in [0.25, 0.3) is 0 Å². The number of methoxy groups -OCH3 is 6. The van der Waals surface area contributed by atoms with Crippen LogP contribution in [0, 0.1) is 0 Å². The van der Waals surface area contributed by atoms with Crippen molar-refractivity contribution in [1.29, 1.82) is 0 Å². The summed E-state index contributed by atoms with van der Waals surface area (Å²) in [7, 11) is 9.99. The van der Waals surface area contributed by atoms with Crippen molar-refractivity contribution in [2.24, 2.45) is 0 Å². The molecule has 0 saturated heterocycles. The summed E-state index contributed by atoms with van der Waals surface area (Å²) in [5.41, 5.74) is 4.73. The maximum Gasteiger partial charge on any atom is 0.161 e. The average Bonchev–Trinajstić information content (AvgIpc) is 2.89. The van der Waals surface area contributed by atoms with E-state index in [1.54, 1.807) is 42.7 Å². The third kappa shape index (κ3) is 6.28. The fourth-order valence-electron chi connectivity index (χ4n) is 4.01. The Hall–Kier alpha value is -3.54. The molecule has 0 atom stereocenters. The van der Waals surface area contributed by atoms with Gasteiger partial charge in [0, 0.05) is 12.1 Å². The molecule has 182 valence electrons. The van der Waals surface area contributed by atoms with Gasteiger partial charge < -0.3 is 28.4 Å². The molecule has 0 aliphatic carbocycles. The Morgan fingerprint density at radius 3 is 0.971 bits per heavy atom. The van der Waals surface area contributed by atoms with Gasteiger partial charge in [0.15, 0.2) is 11.5 Å². The summed E-state index contributed by atoms with van der Waals surface area (Å²) in [4.78, 5) is 0. The fraction of sp³-hybridized carbons (Fsp3) is 0.357. The molecule has 0 bridgehead atoms. The second-order valence-electron chi connectivity index (χ2n) is 7.92. The van der Waals surface area contributed by atoms with Crippen LogP contribution in [-0.4, -0.2) is 42.7 Å². The van der Waals surface area contributed by atoms with Crippen LogP contribution in [0.4, 0.5) is 0 Å². The van der Waals surface area contributed by atoms with E-state index < -0.39 is 0 Å². The maximum atomic E-state index is 5.58. The molecule has 3 rings (SSSR count). The van der Waals surface area contributed by atoms with E-state index in [1.807, 2.05) is 36.4 Å². The first kappa shape index (κ1) is 25.1. The van der Waals surface area contributed by atoms with Crippen molar-refractivity contribution in [3.63, 3.8) is 0 Å². The van der Waals surface area contributed by atoms with Crippen LogP contribution in [0.5, 0.6) is 34.5 Å². The Balaban J connectivity index is 1.87. The highest BCUT2D eigenvalue weighted by atomic mass is 16.5. The third-order valence-electron chi connectivity index (χ3n) is 5.89. The van der Waals surface area contributed by atoms with Gasteiger partial charge in [0.05, 0.1) is 42.7 Å². The van der Waals surface area contributed by atoms with Crippen molar-refractivity contribution < 1.29 is 28.4 Å². The number of rotatable bonds is 12. The van der Waals surface area contributed by atoms with Gasteiger partial charge in [-0.2, -0.15) is 0 Å². The molecular formula is C28H34O6. The number of benzene rings is 3. The van der Waals surface area contributed by atoms with E-state index in [0.29, 0.717) is 0 Å². The van der Waals surface area contributed by atoms with E-state index >= 15 is 0 Å². The second kappa shape index (κ2) is 12.1. The van der Waals surface area contributed by atoms with Crippen molar-refractivity contribution in [2.75, 3.05) is 42.7 Å². The molecular weight excluding hydrogens is 432 g/mol. The van der Waals surface area contributed by atoms with Crippen LogP contribution in [0.3, 0.4) is 0 Å². The van der Waals surface area contributed by atoms with E-state index in [9.17, 15) is 0 Å². The van der Waals surface area contributed by atoms with Crippen molar-refractivity contribution in [3.8, 4) is 34.5 Å². The van der Waals surface area contributed by atoms with E-state index in [2.05, 4.69) is 12.1 Å². The van der Waals surface area contributed by atoms with Gasteiger partial charge in [0.2, 0.25) is 0 Å². The average molecular weight is 467 g/mol. The van der Waals surface area contributed by atoms with Crippen LogP contribution in [0.1, 0.15) is 22.3 Å². The van der Waals surface area contributed by atoms with Crippen molar-refractivity contribution in [2.45, 2.75) is 25.7 Å². The highest BCUT2D eigenvalue weighted by molar-refractivity contribution is 5.49. The number of hydrogen-bond acceptors (Lipinski definition) is 6. The first-order valence-corrected chi connectivity index (χ1v) is 11.2. The zero-order chi connectivity index (χ0) is 24.5. The third-order valence-corrected chi connectivity index (χ3v) is 5.89. The van der Waals surface area contributed by atoms with Crippen molar-refractivity contribution >= 4 is 0 Å². The Labute approximate surface area is 202 Å². The first-order valence-electron chi connectivity index (χ1n) is 11.2. The molecule has 3 aromatic rings. The minimum Gasteiger partial charge on any atom is -0.497 e. The quantitative estimate of drug-likeness (QED) is 0.361. The monoisotopic (exact) mass is 466 g/mol. The van der Waals surface area contributed by atoms with Gasteiger partial charge in [-0.3, -0.25) is 0 Å². The summed E-state index contributed by atoms with van der Waals surface area (Å²) in [6, 6.07) is 16.1. The largest absolute Gasteiger partial charge is 0.497 e. The van der Waals surface area contributed by atoms with Crippen LogP contribution in [0.2, 0.25) is 0 Å². The Morgan fingerprint density at radius 2 is 0.706 bits per heavy atom. The molecule has 6 heteroatoms. The molecule has 0 aliphatic rings. The highest BCUT2D eigenvalue weighted by Gasteiger charge is 2.13. The molecule has 0 N–H and O–H groups in total. The van der Waals surface area contributed by atoms with E-state index in [0.717, 1.165) is 71.3 Å². The summed E-state index contributed by atoms with van der Waals surface area (Å²) in [6.45, 7) is 0. The Bertz CT molecular complexity index is 961. The lowest BCUT2D eigenvalue weighted by Gasteiger charge is -2.16. The van der Waals surface area contributed by atoms with Crippen LogP contribution >= 0.6 is 0 Å². The van der Waals surface area contributed by atoms with Crippen molar-refractivity contribution in [1.82, 2.24) is 0 Å².